The van der Waals surface area contributed by atoms with E-state index in [-0.39, 0.29) is 0 Å². The summed E-state index contributed by atoms with van der Waals surface area (Å²) in [6.45, 7) is 4.68. The molecule has 2 atom stereocenters. The van der Waals surface area contributed by atoms with Gasteiger partial charge in [0.15, 0.2) is 0 Å². The molecule has 2 aliphatic rings. The van der Waals surface area contributed by atoms with Gasteiger partial charge in [0, 0.05) is 0 Å². The van der Waals surface area contributed by atoms with Crippen LogP contribution in [0.1, 0.15) is 47.9 Å². The van der Waals surface area contributed by atoms with Crippen molar-refractivity contribution in [1.29, 1.82) is 0 Å². The fourth-order valence-electron chi connectivity index (χ4n) is 4.49. The molecule has 114 valence electrons. The molecular weight excluding hydrogens is 383 g/mol. The summed E-state index contributed by atoms with van der Waals surface area (Å²) in [6, 6.07) is 18.0. The summed E-state index contributed by atoms with van der Waals surface area (Å²) in [4.78, 5) is 2.52. The molecule has 2 aromatic rings. The van der Waals surface area contributed by atoms with Crippen molar-refractivity contribution in [3.63, 3.8) is 0 Å². The molecule has 0 fully saturated rings. The van der Waals surface area contributed by atoms with E-state index in [1.165, 1.54) is 11.1 Å². The molecule has 2 aliphatic carbocycles. The summed E-state index contributed by atoms with van der Waals surface area (Å²) in [5.41, 5.74) is 9.15. The maximum absolute atomic E-state index is 2.52. The van der Waals surface area contributed by atoms with Crippen LogP contribution in [0.25, 0.3) is 12.2 Å². The fraction of sp³-hybridized carbons (Fsp3) is 0.273. The summed E-state index contributed by atoms with van der Waals surface area (Å²) in [5, 5.41) is 0. The minimum absolute atomic E-state index is 0.459. The van der Waals surface area contributed by atoms with Gasteiger partial charge in [-0.25, -0.2) is 0 Å². The van der Waals surface area contributed by atoms with Crippen LogP contribution in [0.3, 0.4) is 0 Å². The van der Waals surface area contributed by atoms with Crippen LogP contribution in [0.2, 0.25) is 8.87 Å². The normalized spacial score (nSPS) is 23.1. The Balaban J connectivity index is 1.79. The number of hydrogen-bond donors (Lipinski definition) is 0. The van der Waals surface area contributed by atoms with Crippen molar-refractivity contribution in [3.05, 3.63) is 81.9 Å². The monoisotopic (exact) mass is 406 g/mol. The van der Waals surface area contributed by atoms with Crippen LogP contribution in [0, 0.1) is 0 Å². The Bertz CT molecular complexity index is 745. The van der Waals surface area contributed by atoms with Gasteiger partial charge >= 0.3 is 150 Å². The van der Waals surface area contributed by atoms with Crippen LogP contribution in [-0.2, 0) is 0 Å². The summed E-state index contributed by atoms with van der Waals surface area (Å²) < 4.78 is 0.804. The number of benzene rings is 2. The van der Waals surface area contributed by atoms with Crippen LogP contribution in [0.15, 0.2) is 59.7 Å². The first kappa shape index (κ1) is 15.3. The topological polar surface area (TPSA) is 0 Å². The third kappa shape index (κ3) is 2.42. The number of rotatable bonds is 3. The molecule has 0 nitrogen and oxygen atoms in total. The van der Waals surface area contributed by atoms with E-state index in [1.807, 2.05) is 0 Å². The maximum atomic E-state index is 2.52. The Morgan fingerprint density at radius 1 is 0.739 bits per heavy atom. The van der Waals surface area contributed by atoms with Crippen LogP contribution < -0.4 is 0 Å². The molecule has 2 radical (unpaired) electrons. The van der Waals surface area contributed by atoms with Crippen molar-refractivity contribution in [2.45, 2.75) is 34.6 Å². The second kappa shape index (κ2) is 5.98. The van der Waals surface area contributed by atoms with Crippen molar-refractivity contribution in [1.82, 2.24) is 0 Å². The van der Waals surface area contributed by atoms with Gasteiger partial charge in [0.1, 0.15) is 0 Å². The van der Waals surface area contributed by atoms with E-state index < -0.39 is 21.1 Å². The molecule has 0 aliphatic heterocycles. The zero-order valence-electron chi connectivity index (χ0n) is 14.0. The van der Waals surface area contributed by atoms with E-state index in [9.17, 15) is 0 Å². The average Bonchev–Trinajstić information content (AvgIpc) is 3.06. The Morgan fingerprint density at radius 2 is 1.17 bits per heavy atom. The number of fused-ring (bicyclic) bond motifs is 2. The second-order valence-electron chi connectivity index (χ2n) is 6.80. The van der Waals surface area contributed by atoms with Crippen LogP contribution in [0.5, 0.6) is 0 Å². The Labute approximate surface area is 149 Å². The molecule has 1 heteroatoms. The van der Waals surface area contributed by atoms with E-state index in [1.54, 1.807) is 22.3 Å². The van der Waals surface area contributed by atoms with Crippen molar-refractivity contribution >= 4 is 33.3 Å². The van der Waals surface area contributed by atoms with Crippen molar-refractivity contribution < 1.29 is 0 Å². The summed E-state index contributed by atoms with van der Waals surface area (Å²) in [6.07, 6.45) is 4.84. The Hall–Kier alpha value is -1.28. The quantitative estimate of drug-likeness (QED) is 0.556. The van der Waals surface area contributed by atoms with Crippen molar-refractivity contribution in [2.24, 2.45) is 0 Å². The van der Waals surface area contributed by atoms with Gasteiger partial charge < -0.3 is 0 Å². The fourth-order valence-corrected chi connectivity index (χ4v) is 8.92. The zero-order chi connectivity index (χ0) is 16.0. The summed E-state index contributed by atoms with van der Waals surface area (Å²) in [7, 11) is 0. The third-order valence-electron chi connectivity index (χ3n) is 5.46. The first-order chi connectivity index (χ1) is 11.2. The predicted molar refractivity (Wildman–Crippen MR) is 101 cm³/mol. The first-order valence-corrected chi connectivity index (χ1v) is 12.9. The summed E-state index contributed by atoms with van der Waals surface area (Å²) in [5.74, 6) is 1.25. The molecule has 0 heterocycles. The molecule has 0 saturated carbocycles. The van der Waals surface area contributed by atoms with Gasteiger partial charge in [-0.2, -0.15) is 0 Å². The van der Waals surface area contributed by atoms with Gasteiger partial charge in [0.2, 0.25) is 0 Å². The molecular formula is C22H22Sn. The number of allylic oxidation sites excluding steroid dienone is 2. The average molecular weight is 405 g/mol. The van der Waals surface area contributed by atoms with Gasteiger partial charge in [0.25, 0.3) is 0 Å². The molecule has 0 amide bonds. The minimum atomic E-state index is -0.459. The molecule has 0 bridgehead atoms. The second-order valence-corrected chi connectivity index (χ2v) is 10.4. The predicted octanol–water partition coefficient (Wildman–Crippen LogP) is 5.93. The summed E-state index contributed by atoms with van der Waals surface area (Å²) >= 11 is -0.459. The van der Waals surface area contributed by atoms with E-state index in [4.69, 9.17) is 0 Å². The van der Waals surface area contributed by atoms with E-state index in [0.29, 0.717) is 11.8 Å². The molecule has 0 N–H and O–H groups in total. The van der Waals surface area contributed by atoms with E-state index in [0.717, 1.165) is 3.93 Å². The van der Waals surface area contributed by atoms with Gasteiger partial charge in [0.05, 0.1) is 0 Å². The molecule has 0 spiro atoms. The molecule has 2 unspecified atom stereocenters. The molecule has 4 rings (SSSR count). The van der Waals surface area contributed by atoms with E-state index in [2.05, 4.69) is 79.5 Å². The SMILES string of the molecule is [CH3][Sn][CH](C1C(C)=Cc2ccccc21)C1C(C)=Cc2ccccc21. The molecule has 0 saturated heterocycles. The van der Waals surface area contributed by atoms with Gasteiger partial charge in [-0.05, 0) is 0 Å². The third-order valence-corrected chi connectivity index (χ3v) is 9.27. The van der Waals surface area contributed by atoms with Crippen molar-refractivity contribution in [3.8, 4) is 0 Å². The number of hydrogen-bond acceptors (Lipinski definition) is 0. The molecule has 2 aromatic carbocycles. The van der Waals surface area contributed by atoms with E-state index >= 15 is 0 Å². The van der Waals surface area contributed by atoms with Gasteiger partial charge in [-0.3, -0.25) is 0 Å². The Kier molecular flexibility index (Phi) is 3.96. The van der Waals surface area contributed by atoms with Crippen LogP contribution in [0.4, 0.5) is 0 Å². The molecule has 23 heavy (non-hydrogen) atoms. The Morgan fingerprint density at radius 3 is 1.61 bits per heavy atom. The van der Waals surface area contributed by atoms with Gasteiger partial charge in [-0.1, -0.05) is 0 Å². The molecule has 0 aromatic heterocycles. The zero-order valence-corrected chi connectivity index (χ0v) is 16.9. The van der Waals surface area contributed by atoms with Gasteiger partial charge in [-0.15, -0.1) is 0 Å². The first-order valence-electron chi connectivity index (χ1n) is 8.42. The van der Waals surface area contributed by atoms with Crippen LogP contribution >= 0.6 is 0 Å². The van der Waals surface area contributed by atoms with Crippen LogP contribution in [-0.4, -0.2) is 21.1 Å². The standard InChI is InChI=1S/C21H19.CH3.Sn/c1-14-11-16-7-3-5-9-18(16)20(14)13-21-15(2)12-17-8-4-6-10-19(17)21;;/h3-13,20-21H,1-2H3;1H3;. The van der Waals surface area contributed by atoms with Crippen molar-refractivity contribution in [2.75, 3.05) is 0 Å².